The van der Waals surface area contributed by atoms with Crippen LogP contribution in [0, 0.1) is 5.41 Å². The molecule has 2 N–H and O–H groups in total. The molecule has 6 heteroatoms. The summed E-state index contributed by atoms with van der Waals surface area (Å²) in [7, 11) is 0. The summed E-state index contributed by atoms with van der Waals surface area (Å²) in [5.41, 5.74) is 11.3. The van der Waals surface area contributed by atoms with E-state index >= 15 is 0 Å². The van der Waals surface area contributed by atoms with Crippen molar-refractivity contribution >= 4 is 46.4 Å². The molecular formula is C19H21IN2O2S. The number of esters is 1. The van der Waals surface area contributed by atoms with Crippen molar-refractivity contribution in [1.82, 2.24) is 4.98 Å². The molecule has 132 valence electrons. The number of aryl methyl sites for hydroxylation is 2. The second kappa shape index (κ2) is 6.23. The number of aromatic nitrogens is 1. The summed E-state index contributed by atoms with van der Waals surface area (Å²) in [6.45, 7) is 0.622. The average Bonchev–Trinajstić information content (AvgIpc) is 3.26. The molecule has 1 saturated carbocycles. The van der Waals surface area contributed by atoms with Crippen molar-refractivity contribution in [2.75, 3.05) is 12.3 Å². The minimum absolute atomic E-state index is 0. The first-order valence-electron chi connectivity index (χ1n) is 8.66. The first-order chi connectivity index (χ1) is 11.6. The number of anilines is 1. The number of cyclic esters (lactones) is 1. The number of hydrogen-bond donors (Lipinski definition) is 1. The van der Waals surface area contributed by atoms with Gasteiger partial charge in [-0.2, -0.15) is 0 Å². The lowest BCUT2D eigenvalue weighted by Gasteiger charge is -2.21. The van der Waals surface area contributed by atoms with Crippen LogP contribution in [0.3, 0.4) is 0 Å². The maximum Gasteiger partial charge on any atom is 0.306 e. The monoisotopic (exact) mass is 468 g/mol. The second-order valence-corrected chi connectivity index (χ2v) is 8.55. The van der Waals surface area contributed by atoms with Crippen molar-refractivity contribution in [1.29, 1.82) is 0 Å². The van der Waals surface area contributed by atoms with Crippen LogP contribution in [0.25, 0.3) is 10.4 Å². The van der Waals surface area contributed by atoms with E-state index in [0.29, 0.717) is 24.1 Å². The predicted octanol–water partition coefficient (Wildman–Crippen LogP) is 4.31. The third-order valence-electron chi connectivity index (χ3n) is 5.95. The van der Waals surface area contributed by atoms with Crippen molar-refractivity contribution in [3.05, 3.63) is 35.0 Å². The van der Waals surface area contributed by atoms with Gasteiger partial charge >= 0.3 is 5.97 Å². The first-order valence-corrected chi connectivity index (χ1v) is 9.48. The van der Waals surface area contributed by atoms with Gasteiger partial charge in [0.25, 0.3) is 0 Å². The van der Waals surface area contributed by atoms with Gasteiger partial charge in [-0.15, -0.1) is 24.0 Å². The van der Waals surface area contributed by atoms with Crippen LogP contribution in [0.15, 0.2) is 18.2 Å². The van der Waals surface area contributed by atoms with Crippen molar-refractivity contribution in [3.8, 4) is 10.4 Å². The Morgan fingerprint density at radius 2 is 2.20 bits per heavy atom. The standard InChI is InChI=1S/C19H20N2O2S.HI/c20-18-21-15-4-2-12-7-11(1-3-14(12)17(15)24-18)13-5-6-19(8-13)9-16(22)23-10-19;/h1,3,7,13H,2,4-6,8-10H2,(H2,20,21);1H/t13-,19-;/m0./s1. The van der Waals surface area contributed by atoms with Gasteiger partial charge < -0.3 is 10.5 Å². The van der Waals surface area contributed by atoms with E-state index in [4.69, 9.17) is 10.5 Å². The molecule has 1 spiro atoms. The molecule has 2 heterocycles. The zero-order valence-corrected chi connectivity index (χ0v) is 17.1. The Kier molecular flexibility index (Phi) is 4.30. The number of carbonyl (C=O) groups is 1. The zero-order valence-electron chi connectivity index (χ0n) is 13.9. The van der Waals surface area contributed by atoms with Gasteiger partial charge in [-0.05, 0) is 54.7 Å². The number of fused-ring (bicyclic) bond motifs is 3. The van der Waals surface area contributed by atoms with E-state index < -0.39 is 0 Å². The molecule has 2 atom stereocenters. The smallest absolute Gasteiger partial charge is 0.306 e. The number of halogens is 1. The topological polar surface area (TPSA) is 65.2 Å². The molecule has 3 aliphatic rings. The molecule has 2 aromatic rings. The number of nitrogens with zero attached hydrogens (tertiary/aromatic N) is 1. The summed E-state index contributed by atoms with van der Waals surface area (Å²) >= 11 is 1.60. The van der Waals surface area contributed by atoms with Gasteiger partial charge in [0.05, 0.1) is 23.6 Å². The lowest BCUT2D eigenvalue weighted by atomic mass is 9.82. The summed E-state index contributed by atoms with van der Waals surface area (Å²) in [6, 6.07) is 6.90. The summed E-state index contributed by atoms with van der Waals surface area (Å²) in [4.78, 5) is 17.2. The van der Waals surface area contributed by atoms with Crippen molar-refractivity contribution in [2.24, 2.45) is 5.41 Å². The summed E-state index contributed by atoms with van der Waals surface area (Å²) in [5.74, 6) is 0.536. The molecule has 1 saturated heterocycles. The minimum atomic E-state index is -0.0172. The lowest BCUT2D eigenvalue weighted by molar-refractivity contribution is -0.137. The molecule has 0 radical (unpaired) electrons. The van der Waals surface area contributed by atoms with Gasteiger partial charge in [-0.1, -0.05) is 29.5 Å². The molecular weight excluding hydrogens is 447 g/mol. The van der Waals surface area contributed by atoms with Gasteiger partial charge in [0.1, 0.15) is 0 Å². The quantitative estimate of drug-likeness (QED) is 0.501. The van der Waals surface area contributed by atoms with E-state index in [2.05, 4.69) is 23.2 Å². The van der Waals surface area contributed by atoms with E-state index in [1.807, 2.05) is 0 Å². The predicted molar refractivity (Wildman–Crippen MR) is 109 cm³/mol. The third kappa shape index (κ3) is 2.87. The SMILES string of the molecule is I.Nc1nc2c(s1)-c1ccc([C@H]3CC[C@]4(COC(=O)C4)C3)cc1CC2. The van der Waals surface area contributed by atoms with Crippen LogP contribution in [0.2, 0.25) is 0 Å². The van der Waals surface area contributed by atoms with E-state index in [1.165, 1.54) is 21.6 Å². The van der Waals surface area contributed by atoms with E-state index in [1.54, 1.807) is 11.3 Å². The van der Waals surface area contributed by atoms with Crippen LogP contribution >= 0.6 is 35.3 Å². The van der Waals surface area contributed by atoms with Crippen molar-refractivity contribution in [2.45, 2.75) is 44.4 Å². The molecule has 0 amide bonds. The van der Waals surface area contributed by atoms with Crippen LogP contribution in [-0.2, 0) is 22.4 Å². The number of carbonyl (C=O) groups excluding carboxylic acids is 1. The number of nitrogen functional groups attached to an aromatic ring is 1. The molecule has 1 aliphatic heterocycles. The highest BCUT2D eigenvalue weighted by molar-refractivity contribution is 14.0. The van der Waals surface area contributed by atoms with Crippen molar-refractivity contribution in [3.63, 3.8) is 0 Å². The highest BCUT2D eigenvalue weighted by Crippen LogP contribution is 2.52. The molecule has 2 aliphatic carbocycles. The van der Waals surface area contributed by atoms with Crippen LogP contribution < -0.4 is 5.73 Å². The van der Waals surface area contributed by atoms with Gasteiger partial charge in [-0.3, -0.25) is 4.79 Å². The lowest BCUT2D eigenvalue weighted by Crippen LogP contribution is -2.16. The van der Waals surface area contributed by atoms with Gasteiger partial charge in [-0.25, -0.2) is 4.98 Å². The molecule has 5 rings (SSSR count). The number of ether oxygens (including phenoxy) is 1. The van der Waals surface area contributed by atoms with Crippen molar-refractivity contribution < 1.29 is 9.53 Å². The Hall–Kier alpha value is -1.15. The van der Waals surface area contributed by atoms with Gasteiger partial charge in [0.15, 0.2) is 5.13 Å². The van der Waals surface area contributed by atoms with E-state index in [9.17, 15) is 4.79 Å². The number of rotatable bonds is 1. The van der Waals surface area contributed by atoms with E-state index in [-0.39, 0.29) is 35.4 Å². The van der Waals surface area contributed by atoms with Crippen LogP contribution in [0.4, 0.5) is 5.13 Å². The Bertz CT molecular complexity index is 850. The number of hydrogen-bond acceptors (Lipinski definition) is 5. The normalized spacial score (nSPS) is 26.9. The summed E-state index contributed by atoms with van der Waals surface area (Å²) in [5, 5.41) is 0.667. The Labute approximate surface area is 168 Å². The maximum absolute atomic E-state index is 11.5. The molecule has 4 nitrogen and oxygen atoms in total. The fraction of sp³-hybridized carbons (Fsp3) is 0.474. The molecule has 2 fully saturated rings. The molecule has 0 unspecified atom stereocenters. The van der Waals surface area contributed by atoms with Gasteiger partial charge in [0, 0.05) is 5.41 Å². The second-order valence-electron chi connectivity index (χ2n) is 7.52. The fourth-order valence-electron chi connectivity index (χ4n) is 4.72. The number of thiazole rings is 1. The summed E-state index contributed by atoms with van der Waals surface area (Å²) in [6.07, 6.45) is 5.98. The minimum Gasteiger partial charge on any atom is -0.465 e. The molecule has 1 aromatic carbocycles. The zero-order chi connectivity index (χ0) is 16.3. The van der Waals surface area contributed by atoms with Crippen LogP contribution in [0.1, 0.15) is 48.4 Å². The highest BCUT2D eigenvalue weighted by atomic mass is 127. The molecule has 0 bridgehead atoms. The Morgan fingerprint density at radius 1 is 1.32 bits per heavy atom. The molecule has 1 aromatic heterocycles. The highest BCUT2D eigenvalue weighted by Gasteiger charge is 2.46. The van der Waals surface area contributed by atoms with Crippen LogP contribution in [0.5, 0.6) is 0 Å². The third-order valence-corrected chi connectivity index (χ3v) is 6.91. The van der Waals surface area contributed by atoms with Gasteiger partial charge in [0.2, 0.25) is 0 Å². The largest absolute Gasteiger partial charge is 0.465 e. The van der Waals surface area contributed by atoms with E-state index in [0.717, 1.165) is 37.8 Å². The molecule has 25 heavy (non-hydrogen) atoms. The summed E-state index contributed by atoms with van der Waals surface area (Å²) < 4.78 is 5.25. The fourth-order valence-corrected chi connectivity index (χ4v) is 5.66. The maximum atomic E-state index is 11.5. The number of benzene rings is 1. The Balaban J connectivity index is 0.00000157. The number of nitrogens with two attached hydrogens (primary N) is 1. The Morgan fingerprint density at radius 3 is 3.00 bits per heavy atom. The first kappa shape index (κ1) is 17.3. The van der Waals surface area contributed by atoms with Crippen LogP contribution in [-0.4, -0.2) is 17.6 Å². The average molecular weight is 468 g/mol.